The van der Waals surface area contributed by atoms with Crippen LogP contribution in [0, 0.1) is 22.7 Å². The van der Waals surface area contributed by atoms with E-state index in [1.165, 1.54) is 0 Å². The minimum atomic E-state index is -0.601. The Kier molecular flexibility index (Phi) is 12.9. The Labute approximate surface area is 215 Å². The summed E-state index contributed by atoms with van der Waals surface area (Å²) in [5.74, 6) is 1.02. The number of para-hydroxylation sites is 2. The Morgan fingerprint density at radius 2 is 1.03 bits per heavy atom. The molecule has 0 aliphatic rings. The summed E-state index contributed by atoms with van der Waals surface area (Å²) in [6.45, 7) is 13.4. The van der Waals surface area contributed by atoms with Gasteiger partial charge in [-0.2, -0.15) is 10.5 Å². The van der Waals surface area contributed by atoms with Gasteiger partial charge in [-0.1, -0.05) is 24.3 Å². The van der Waals surface area contributed by atoms with Gasteiger partial charge < -0.3 is 30.3 Å². The van der Waals surface area contributed by atoms with Crippen molar-refractivity contribution in [2.24, 2.45) is 0 Å². The van der Waals surface area contributed by atoms with E-state index in [4.69, 9.17) is 20.0 Å². The fourth-order valence-electron chi connectivity index (χ4n) is 2.71. The van der Waals surface area contributed by atoms with Crippen LogP contribution in [0.25, 0.3) is 0 Å². The smallest absolute Gasteiger partial charge is 0.137 e. The normalized spacial score (nSPS) is 12.8. The largest absolute Gasteiger partial charge is 0.489 e. The summed E-state index contributed by atoms with van der Waals surface area (Å²) in [6, 6.07) is 18.1. The molecular formula is C28H40N4O4. The molecule has 4 N–H and O–H groups in total. The molecule has 36 heavy (non-hydrogen) atoms. The van der Waals surface area contributed by atoms with Crippen LogP contribution in [0.2, 0.25) is 0 Å². The number of nitrogens with zero attached hydrogens (tertiary/aromatic N) is 2. The van der Waals surface area contributed by atoms with Crippen LogP contribution in [0.5, 0.6) is 11.5 Å². The summed E-state index contributed by atoms with van der Waals surface area (Å²) < 4.78 is 10.9. The summed E-state index contributed by atoms with van der Waals surface area (Å²) in [6.07, 6.45) is -1.20. The van der Waals surface area contributed by atoms with E-state index in [1.54, 1.807) is 48.5 Å². The lowest BCUT2D eigenvalue weighted by atomic mass is 10.1. The maximum Gasteiger partial charge on any atom is 0.137 e. The number of rotatable bonds is 10. The zero-order valence-corrected chi connectivity index (χ0v) is 22.2. The summed E-state index contributed by atoms with van der Waals surface area (Å²) in [7, 11) is 0. The average molecular weight is 497 g/mol. The Morgan fingerprint density at radius 1 is 0.694 bits per heavy atom. The van der Waals surface area contributed by atoms with E-state index >= 15 is 0 Å². The lowest BCUT2D eigenvalue weighted by Crippen LogP contribution is -2.42. The number of benzene rings is 2. The number of nitriles is 2. The molecule has 0 spiro atoms. The lowest BCUT2D eigenvalue weighted by Gasteiger charge is -2.23. The molecule has 0 bridgehead atoms. The molecule has 2 atom stereocenters. The predicted molar refractivity (Wildman–Crippen MR) is 141 cm³/mol. The van der Waals surface area contributed by atoms with E-state index in [1.807, 2.05) is 41.5 Å². The molecule has 196 valence electrons. The van der Waals surface area contributed by atoms with E-state index in [-0.39, 0.29) is 24.3 Å². The third-order valence-electron chi connectivity index (χ3n) is 4.61. The van der Waals surface area contributed by atoms with Gasteiger partial charge in [-0.15, -0.1) is 0 Å². The number of nitrogens with one attached hydrogen (secondary N) is 2. The van der Waals surface area contributed by atoms with Crippen LogP contribution in [-0.2, 0) is 0 Å². The van der Waals surface area contributed by atoms with Crippen LogP contribution in [0.3, 0.4) is 0 Å². The number of ether oxygens (including phenoxy) is 2. The molecule has 0 aliphatic heterocycles. The molecule has 0 amide bonds. The lowest BCUT2D eigenvalue weighted by molar-refractivity contribution is 0.0999. The minimum Gasteiger partial charge on any atom is -0.489 e. The van der Waals surface area contributed by atoms with Crippen molar-refractivity contribution in [1.29, 1.82) is 10.5 Å². The molecule has 0 fully saturated rings. The second-order valence-electron chi connectivity index (χ2n) is 10.4. The number of hydrogen-bond acceptors (Lipinski definition) is 8. The summed E-state index contributed by atoms with van der Waals surface area (Å²) in [5.41, 5.74) is 0.888. The van der Waals surface area contributed by atoms with Crippen molar-refractivity contribution in [3.63, 3.8) is 0 Å². The molecule has 8 nitrogen and oxygen atoms in total. The van der Waals surface area contributed by atoms with Gasteiger partial charge in [-0.25, -0.2) is 0 Å². The molecule has 2 unspecified atom stereocenters. The summed E-state index contributed by atoms with van der Waals surface area (Å²) >= 11 is 0. The monoisotopic (exact) mass is 496 g/mol. The second-order valence-corrected chi connectivity index (χ2v) is 10.4. The van der Waals surface area contributed by atoms with Gasteiger partial charge in [0.1, 0.15) is 49.1 Å². The number of β-amino-alcohol motifs (C(OH)–C–C–N with tert-alkyl or cyclic N) is 2. The van der Waals surface area contributed by atoms with Crippen LogP contribution in [-0.4, -0.2) is 59.8 Å². The Morgan fingerprint density at radius 3 is 1.33 bits per heavy atom. The summed E-state index contributed by atoms with van der Waals surface area (Å²) in [5, 5.41) is 43.7. The first-order chi connectivity index (χ1) is 16.8. The van der Waals surface area contributed by atoms with Crippen LogP contribution in [0.1, 0.15) is 52.7 Å². The van der Waals surface area contributed by atoms with E-state index in [0.29, 0.717) is 35.7 Å². The van der Waals surface area contributed by atoms with Gasteiger partial charge in [-0.3, -0.25) is 0 Å². The summed E-state index contributed by atoms with van der Waals surface area (Å²) in [4.78, 5) is 0. The maximum atomic E-state index is 9.77. The predicted octanol–water partition coefficient (Wildman–Crippen LogP) is 3.37. The molecule has 2 rings (SSSR count). The molecule has 0 saturated heterocycles. The van der Waals surface area contributed by atoms with E-state index in [9.17, 15) is 10.2 Å². The van der Waals surface area contributed by atoms with Crippen LogP contribution >= 0.6 is 0 Å². The van der Waals surface area contributed by atoms with Crippen LogP contribution < -0.4 is 20.1 Å². The quantitative estimate of drug-likeness (QED) is 0.394. The minimum absolute atomic E-state index is 0.0362. The molecule has 0 aliphatic carbocycles. The second kappa shape index (κ2) is 15.1. The van der Waals surface area contributed by atoms with E-state index in [0.717, 1.165) is 0 Å². The fourth-order valence-corrected chi connectivity index (χ4v) is 2.71. The van der Waals surface area contributed by atoms with Gasteiger partial charge in [0.05, 0.1) is 11.1 Å². The Balaban J connectivity index is 0.000000360. The van der Waals surface area contributed by atoms with Crippen molar-refractivity contribution in [2.75, 3.05) is 26.3 Å². The van der Waals surface area contributed by atoms with Crippen molar-refractivity contribution in [1.82, 2.24) is 10.6 Å². The molecule has 0 heterocycles. The average Bonchev–Trinajstić information content (AvgIpc) is 2.83. The molecule has 2 aromatic rings. The first-order valence-electron chi connectivity index (χ1n) is 11.9. The van der Waals surface area contributed by atoms with Gasteiger partial charge in [0, 0.05) is 24.2 Å². The highest BCUT2D eigenvalue weighted by Crippen LogP contribution is 2.17. The Bertz CT molecular complexity index is 919. The van der Waals surface area contributed by atoms with Gasteiger partial charge in [0.25, 0.3) is 0 Å². The molecule has 2 aromatic carbocycles. The van der Waals surface area contributed by atoms with Gasteiger partial charge in [0.15, 0.2) is 0 Å². The van der Waals surface area contributed by atoms with E-state index in [2.05, 4.69) is 22.8 Å². The fraction of sp³-hybridized carbons (Fsp3) is 0.500. The molecule has 0 radical (unpaired) electrons. The number of hydrogen-bond donors (Lipinski definition) is 4. The highest BCUT2D eigenvalue weighted by Gasteiger charge is 2.14. The SMILES string of the molecule is CC(C)(C)NCC(O)COc1ccccc1C#N.CC(C)(C)NCC(O)COc1ccccc1C#N. The van der Waals surface area contributed by atoms with Gasteiger partial charge in [-0.05, 0) is 65.8 Å². The van der Waals surface area contributed by atoms with Crippen molar-refractivity contribution < 1.29 is 19.7 Å². The first-order valence-corrected chi connectivity index (χ1v) is 11.9. The highest BCUT2D eigenvalue weighted by molar-refractivity contribution is 5.43. The third kappa shape index (κ3) is 13.7. The van der Waals surface area contributed by atoms with Crippen LogP contribution in [0.15, 0.2) is 48.5 Å². The van der Waals surface area contributed by atoms with Gasteiger partial charge in [0.2, 0.25) is 0 Å². The topological polar surface area (TPSA) is 131 Å². The zero-order valence-electron chi connectivity index (χ0n) is 22.2. The maximum absolute atomic E-state index is 9.77. The van der Waals surface area contributed by atoms with Crippen LogP contribution in [0.4, 0.5) is 0 Å². The molecule has 0 aromatic heterocycles. The third-order valence-corrected chi connectivity index (χ3v) is 4.61. The van der Waals surface area contributed by atoms with Gasteiger partial charge >= 0.3 is 0 Å². The molecular weight excluding hydrogens is 456 g/mol. The number of aliphatic hydroxyl groups excluding tert-OH is 2. The zero-order chi connectivity index (χ0) is 27.2. The van der Waals surface area contributed by atoms with Crippen molar-refractivity contribution in [3.05, 3.63) is 59.7 Å². The van der Waals surface area contributed by atoms with E-state index < -0.39 is 12.2 Å². The standard InChI is InChI=1S/2C14H20N2O2/c2*1-14(2,3)16-9-12(17)10-18-13-7-5-4-6-11(13)8-15/h2*4-7,12,16-17H,9-10H2,1-3H3. The molecule has 0 saturated carbocycles. The Hall–Kier alpha value is -3.14. The molecule has 8 heteroatoms. The first kappa shape index (κ1) is 30.9. The highest BCUT2D eigenvalue weighted by atomic mass is 16.5. The van der Waals surface area contributed by atoms with Crippen molar-refractivity contribution in [3.8, 4) is 23.6 Å². The number of aliphatic hydroxyl groups is 2. The van der Waals surface area contributed by atoms with Crippen molar-refractivity contribution in [2.45, 2.75) is 64.8 Å². The van der Waals surface area contributed by atoms with Crippen molar-refractivity contribution >= 4 is 0 Å².